The summed E-state index contributed by atoms with van der Waals surface area (Å²) in [7, 11) is 1.57. The van der Waals surface area contributed by atoms with Crippen molar-refractivity contribution in [3.8, 4) is 5.75 Å². The number of methoxy groups -OCH3 is 1. The van der Waals surface area contributed by atoms with E-state index in [1.807, 2.05) is 24.3 Å². The highest BCUT2D eigenvalue weighted by atomic mass is 16.5. The number of benzene rings is 2. The standard InChI is InChI=1S/C23H21N3O4/c1-30-14-10-8-13(9-11-14)26-20(27)18-17-7-4-12-25(17)23(19(18)21(26)28)15-5-2-3-6-16(15)24-22(23)29/h2-3,5-6,8-11,17-19H,4,7,12H2,1H3,(H,24,29)/p+1/t17-,18+,19+,23-/m1/s1. The summed E-state index contributed by atoms with van der Waals surface area (Å²) in [4.78, 5) is 43.2. The van der Waals surface area contributed by atoms with E-state index in [0.717, 1.165) is 35.5 Å². The molecular formula is C23H22N3O4+. The van der Waals surface area contributed by atoms with Gasteiger partial charge in [-0.2, -0.15) is 0 Å². The van der Waals surface area contributed by atoms with E-state index < -0.39 is 17.4 Å². The molecule has 2 N–H and O–H groups in total. The molecule has 0 aromatic heterocycles. The van der Waals surface area contributed by atoms with E-state index in [9.17, 15) is 14.4 Å². The summed E-state index contributed by atoms with van der Waals surface area (Å²) in [5.41, 5.74) is 1.10. The largest absolute Gasteiger partial charge is 0.497 e. The van der Waals surface area contributed by atoms with Crippen LogP contribution in [0.1, 0.15) is 18.4 Å². The number of ether oxygens (including phenoxy) is 1. The van der Waals surface area contributed by atoms with Crippen molar-refractivity contribution in [1.82, 2.24) is 0 Å². The molecule has 152 valence electrons. The zero-order valence-electron chi connectivity index (χ0n) is 16.6. The number of hydrogen-bond donors (Lipinski definition) is 2. The number of anilines is 2. The van der Waals surface area contributed by atoms with Crippen molar-refractivity contribution < 1.29 is 24.0 Å². The number of para-hydroxylation sites is 1. The number of carbonyl (C=O) groups is 3. The second-order valence-corrected chi connectivity index (χ2v) is 8.55. The third-order valence-corrected chi connectivity index (χ3v) is 7.46. The molecule has 0 radical (unpaired) electrons. The molecule has 3 fully saturated rings. The van der Waals surface area contributed by atoms with E-state index in [0.29, 0.717) is 11.4 Å². The van der Waals surface area contributed by atoms with Crippen LogP contribution in [0.4, 0.5) is 11.4 Å². The van der Waals surface area contributed by atoms with Crippen LogP contribution in [-0.4, -0.2) is 37.4 Å². The average molecular weight is 404 g/mol. The van der Waals surface area contributed by atoms with Crippen LogP contribution in [0.5, 0.6) is 5.75 Å². The van der Waals surface area contributed by atoms with Gasteiger partial charge in [0, 0.05) is 18.4 Å². The van der Waals surface area contributed by atoms with Crippen molar-refractivity contribution in [1.29, 1.82) is 0 Å². The molecule has 4 aliphatic rings. The van der Waals surface area contributed by atoms with Gasteiger partial charge in [0.2, 0.25) is 17.4 Å². The van der Waals surface area contributed by atoms with Gasteiger partial charge >= 0.3 is 0 Å². The molecule has 0 aliphatic carbocycles. The molecule has 3 saturated heterocycles. The van der Waals surface area contributed by atoms with Gasteiger partial charge in [-0.25, -0.2) is 4.90 Å². The highest BCUT2D eigenvalue weighted by molar-refractivity contribution is 6.25. The Morgan fingerprint density at radius 2 is 1.83 bits per heavy atom. The Balaban J connectivity index is 1.52. The second kappa shape index (κ2) is 5.92. The maximum absolute atomic E-state index is 13.8. The van der Waals surface area contributed by atoms with E-state index >= 15 is 0 Å². The molecule has 7 heteroatoms. The number of fused-ring (bicyclic) bond motifs is 7. The van der Waals surface area contributed by atoms with Crippen LogP contribution in [0.3, 0.4) is 0 Å². The quantitative estimate of drug-likeness (QED) is 0.723. The predicted octanol–water partition coefficient (Wildman–Crippen LogP) is 0.709. The molecule has 2 aromatic carbocycles. The third-order valence-electron chi connectivity index (χ3n) is 7.46. The number of amides is 3. The summed E-state index contributed by atoms with van der Waals surface area (Å²) < 4.78 is 5.20. The fourth-order valence-corrected chi connectivity index (χ4v) is 6.40. The van der Waals surface area contributed by atoms with E-state index in [-0.39, 0.29) is 23.8 Å². The zero-order chi connectivity index (χ0) is 20.6. The van der Waals surface area contributed by atoms with Gasteiger partial charge in [-0.1, -0.05) is 18.2 Å². The number of quaternary nitrogens is 1. The van der Waals surface area contributed by atoms with Crippen LogP contribution in [-0.2, 0) is 19.9 Å². The maximum Gasteiger partial charge on any atom is 0.291 e. The Bertz CT molecular complexity index is 1100. The maximum atomic E-state index is 13.8. The van der Waals surface area contributed by atoms with Crippen LogP contribution < -0.4 is 19.9 Å². The Morgan fingerprint density at radius 1 is 1.07 bits per heavy atom. The van der Waals surface area contributed by atoms with E-state index in [1.54, 1.807) is 31.4 Å². The topological polar surface area (TPSA) is 80.2 Å². The fourth-order valence-electron chi connectivity index (χ4n) is 6.40. The van der Waals surface area contributed by atoms with Gasteiger partial charge in [0.1, 0.15) is 23.6 Å². The van der Waals surface area contributed by atoms with Gasteiger partial charge < -0.3 is 15.0 Å². The lowest BCUT2D eigenvalue weighted by atomic mass is 9.75. The molecule has 7 nitrogen and oxygen atoms in total. The van der Waals surface area contributed by atoms with Crippen LogP contribution in [0.25, 0.3) is 0 Å². The zero-order valence-corrected chi connectivity index (χ0v) is 16.6. The van der Waals surface area contributed by atoms with Crippen molar-refractivity contribution >= 4 is 29.1 Å². The Labute approximate surface area is 173 Å². The van der Waals surface area contributed by atoms with Crippen LogP contribution in [0, 0.1) is 11.8 Å². The van der Waals surface area contributed by atoms with E-state index in [1.165, 1.54) is 4.90 Å². The van der Waals surface area contributed by atoms with Gasteiger partial charge in [0.15, 0.2) is 0 Å². The molecule has 4 aliphatic heterocycles. The molecular weight excluding hydrogens is 382 g/mol. The summed E-state index contributed by atoms with van der Waals surface area (Å²) in [5, 5.41) is 3.00. The van der Waals surface area contributed by atoms with E-state index in [2.05, 4.69) is 5.32 Å². The molecule has 1 unspecified atom stereocenters. The summed E-state index contributed by atoms with van der Waals surface area (Å²) in [6, 6.07) is 14.5. The smallest absolute Gasteiger partial charge is 0.291 e. The van der Waals surface area contributed by atoms with Crippen molar-refractivity contribution in [2.24, 2.45) is 11.8 Å². The van der Waals surface area contributed by atoms with E-state index in [4.69, 9.17) is 4.74 Å². The SMILES string of the molecule is COc1ccc(N2C(=O)[C@H]3[C@H]4CCC[NH+]4[C@@]4(C(=O)Nc5ccccc54)[C@@H]3C2=O)cc1. The van der Waals surface area contributed by atoms with Gasteiger partial charge in [-0.3, -0.25) is 14.4 Å². The van der Waals surface area contributed by atoms with Crippen molar-refractivity contribution in [2.45, 2.75) is 24.4 Å². The van der Waals surface area contributed by atoms with Gasteiger partial charge in [-0.15, -0.1) is 0 Å². The lowest BCUT2D eigenvalue weighted by Gasteiger charge is -2.33. The number of imide groups is 1. The number of hydrogen-bond acceptors (Lipinski definition) is 4. The van der Waals surface area contributed by atoms with Gasteiger partial charge in [0.25, 0.3) is 5.91 Å². The molecule has 2 aromatic rings. The number of nitrogens with zero attached hydrogens (tertiary/aromatic N) is 1. The van der Waals surface area contributed by atoms with Crippen LogP contribution in [0.2, 0.25) is 0 Å². The molecule has 1 spiro atoms. The molecule has 0 bridgehead atoms. The van der Waals surface area contributed by atoms with Gasteiger partial charge in [-0.05, 0) is 30.3 Å². The molecule has 0 saturated carbocycles. The molecule has 6 rings (SSSR count). The lowest BCUT2D eigenvalue weighted by molar-refractivity contribution is -0.948. The first kappa shape index (κ1) is 17.7. The summed E-state index contributed by atoms with van der Waals surface area (Å²) in [6.07, 6.45) is 1.80. The Morgan fingerprint density at radius 3 is 2.60 bits per heavy atom. The Hall–Kier alpha value is -3.19. The minimum Gasteiger partial charge on any atom is -0.497 e. The highest BCUT2D eigenvalue weighted by Gasteiger charge is 2.78. The van der Waals surface area contributed by atoms with Crippen molar-refractivity contribution in [2.75, 3.05) is 23.9 Å². The van der Waals surface area contributed by atoms with Gasteiger partial charge in [0.05, 0.1) is 25.0 Å². The first-order chi connectivity index (χ1) is 14.6. The predicted molar refractivity (Wildman–Crippen MR) is 108 cm³/mol. The molecule has 30 heavy (non-hydrogen) atoms. The molecule has 4 heterocycles. The van der Waals surface area contributed by atoms with Crippen LogP contribution in [0.15, 0.2) is 48.5 Å². The summed E-state index contributed by atoms with van der Waals surface area (Å²) in [5.74, 6) is -1.12. The highest BCUT2D eigenvalue weighted by Crippen LogP contribution is 2.52. The third kappa shape index (κ3) is 1.91. The second-order valence-electron chi connectivity index (χ2n) is 8.55. The minimum absolute atomic E-state index is 0.0217. The first-order valence-corrected chi connectivity index (χ1v) is 10.4. The first-order valence-electron chi connectivity index (χ1n) is 10.4. The number of nitrogens with one attached hydrogen (secondary N) is 2. The normalized spacial score (nSPS) is 33.6. The number of rotatable bonds is 2. The van der Waals surface area contributed by atoms with Crippen molar-refractivity contribution in [3.05, 3.63) is 54.1 Å². The lowest BCUT2D eigenvalue weighted by Crippen LogP contribution is -3.19. The average Bonchev–Trinajstić information content (AvgIpc) is 3.46. The van der Waals surface area contributed by atoms with Crippen LogP contribution >= 0.6 is 0 Å². The number of carbonyl (C=O) groups excluding carboxylic acids is 3. The molecule has 5 atom stereocenters. The van der Waals surface area contributed by atoms with Crippen molar-refractivity contribution in [3.63, 3.8) is 0 Å². The monoisotopic (exact) mass is 404 g/mol. The fraction of sp³-hybridized carbons (Fsp3) is 0.348. The summed E-state index contributed by atoms with van der Waals surface area (Å²) in [6.45, 7) is 0.794. The molecule has 3 amide bonds. The minimum atomic E-state index is -1.03. The summed E-state index contributed by atoms with van der Waals surface area (Å²) >= 11 is 0. The Kier molecular flexibility index (Phi) is 3.48.